The number of ether oxygens (including phenoxy) is 3. The lowest BCUT2D eigenvalue weighted by molar-refractivity contribution is -0.123. The zero-order valence-electron chi connectivity index (χ0n) is 19.0. The van der Waals surface area contributed by atoms with Crippen LogP contribution in [0.1, 0.15) is 25.5 Å². The Labute approximate surface area is 188 Å². The van der Waals surface area contributed by atoms with Gasteiger partial charge in [-0.05, 0) is 54.9 Å². The average Bonchev–Trinajstić information content (AvgIpc) is 2.77. The van der Waals surface area contributed by atoms with E-state index in [9.17, 15) is 9.59 Å². The molecule has 0 aromatic heterocycles. The third-order valence-electron chi connectivity index (χ3n) is 5.11. The van der Waals surface area contributed by atoms with Crippen LogP contribution >= 0.6 is 0 Å². The van der Waals surface area contributed by atoms with Crippen LogP contribution in [0.25, 0.3) is 0 Å². The highest BCUT2D eigenvalue weighted by atomic mass is 16.6. The zero-order chi connectivity index (χ0) is 23.1. The first-order valence-corrected chi connectivity index (χ1v) is 10.7. The fourth-order valence-corrected chi connectivity index (χ4v) is 3.53. The van der Waals surface area contributed by atoms with Gasteiger partial charge in [-0.2, -0.15) is 0 Å². The molecular weight excluding hydrogens is 410 g/mol. The number of fused-ring (bicyclic) bond motifs is 1. The van der Waals surface area contributed by atoms with E-state index in [1.807, 2.05) is 32.0 Å². The van der Waals surface area contributed by atoms with Crippen LogP contribution in [-0.4, -0.2) is 57.2 Å². The molecule has 3 rings (SSSR count). The number of rotatable bonds is 9. The Bertz CT molecular complexity index is 930. The minimum atomic E-state index is -0.197. The van der Waals surface area contributed by atoms with Crippen LogP contribution in [0.4, 0.5) is 5.69 Å². The van der Waals surface area contributed by atoms with Crippen molar-refractivity contribution in [3.63, 3.8) is 0 Å². The van der Waals surface area contributed by atoms with Crippen molar-refractivity contribution >= 4 is 17.5 Å². The van der Waals surface area contributed by atoms with E-state index < -0.39 is 0 Å². The van der Waals surface area contributed by atoms with Gasteiger partial charge in [0.25, 0.3) is 0 Å². The summed E-state index contributed by atoms with van der Waals surface area (Å²) in [7, 11) is 3.33. The van der Waals surface area contributed by atoms with E-state index in [1.54, 1.807) is 43.3 Å². The molecule has 1 aliphatic heterocycles. The van der Waals surface area contributed by atoms with E-state index >= 15 is 0 Å². The summed E-state index contributed by atoms with van der Waals surface area (Å²) in [6.07, 6.45) is 0. The molecule has 172 valence electrons. The lowest BCUT2D eigenvalue weighted by atomic mass is 9.95. The Kier molecular flexibility index (Phi) is 7.94. The van der Waals surface area contributed by atoms with Crippen LogP contribution < -0.4 is 24.8 Å². The summed E-state index contributed by atoms with van der Waals surface area (Å²) in [5.41, 5.74) is 1.63. The van der Waals surface area contributed by atoms with Gasteiger partial charge >= 0.3 is 0 Å². The molecule has 2 aromatic rings. The van der Waals surface area contributed by atoms with Gasteiger partial charge < -0.3 is 24.8 Å². The van der Waals surface area contributed by atoms with Gasteiger partial charge in [-0.25, -0.2) is 0 Å². The standard InChI is InChI=1S/C24H31N3O5/c1-16(2)24(17-5-10-20-21(13-17)32-12-11-31-20)26-23(29)15-27(3)14-22(28)25-18-6-8-19(30-4)9-7-18/h5-10,13,16,24H,11-12,14-15H2,1-4H3,(H,25,28)(H,26,29). The first kappa shape index (κ1) is 23.4. The van der Waals surface area contributed by atoms with E-state index in [0.29, 0.717) is 24.7 Å². The first-order chi connectivity index (χ1) is 15.4. The maximum Gasteiger partial charge on any atom is 0.238 e. The quantitative estimate of drug-likeness (QED) is 0.622. The van der Waals surface area contributed by atoms with Crippen molar-refractivity contribution in [1.82, 2.24) is 10.2 Å². The van der Waals surface area contributed by atoms with Gasteiger partial charge in [0.15, 0.2) is 11.5 Å². The minimum Gasteiger partial charge on any atom is -0.497 e. The molecule has 0 radical (unpaired) electrons. The number of nitrogens with one attached hydrogen (secondary N) is 2. The van der Waals surface area contributed by atoms with Crippen LogP contribution in [0.2, 0.25) is 0 Å². The van der Waals surface area contributed by atoms with Gasteiger partial charge in [-0.15, -0.1) is 0 Å². The predicted molar refractivity (Wildman–Crippen MR) is 122 cm³/mol. The number of benzene rings is 2. The Hall–Kier alpha value is -3.26. The first-order valence-electron chi connectivity index (χ1n) is 10.7. The molecule has 2 amide bonds. The summed E-state index contributed by atoms with van der Waals surface area (Å²) in [4.78, 5) is 26.7. The summed E-state index contributed by atoms with van der Waals surface area (Å²) in [5.74, 6) is 1.95. The SMILES string of the molecule is COc1ccc(NC(=O)CN(C)CC(=O)NC(c2ccc3c(c2)OCCO3)C(C)C)cc1. The molecule has 0 saturated carbocycles. The van der Waals surface area contributed by atoms with E-state index in [1.165, 1.54) is 0 Å². The van der Waals surface area contributed by atoms with Crippen molar-refractivity contribution in [1.29, 1.82) is 0 Å². The van der Waals surface area contributed by atoms with Crippen molar-refractivity contribution in [2.75, 3.05) is 45.8 Å². The largest absolute Gasteiger partial charge is 0.497 e. The van der Waals surface area contributed by atoms with Crippen LogP contribution in [0, 0.1) is 5.92 Å². The third kappa shape index (κ3) is 6.37. The van der Waals surface area contributed by atoms with E-state index in [0.717, 1.165) is 17.1 Å². The van der Waals surface area contributed by atoms with Crippen LogP contribution in [0.5, 0.6) is 17.2 Å². The maximum atomic E-state index is 12.7. The average molecular weight is 442 g/mol. The summed E-state index contributed by atoms with van der Waals surface area (Å²) in [6, 6.07) is 12.7. The minimum absolute atomic E-state index is 0.0931. The van der Waals surface area contributed by atoms with Gasteiger partial charge in [0.1, 0.15) is 19.0 Å². The molecule has 1 unspecified atom stereocenters. The van der Waals surface area contributed by atoms with E-state index in [2.05, 4.69) is 10.6 Å². The molecule has 1 atom stereocenters. The fourth-order valence-electron chi connectivity index (χ4n) is 3.53. The van der Waals surface area contributed by atoms with E-state index in [-0.39, 0.29) is 36.9 Å². The lowest BCUT2D eigenvalue weighted by Gasteiger charge is -2.26. The molecule has 0 aliphatic carbocycles. The molecular formula is C24H31N3O5. The van der Waals surface area contributed by atoms with Crippen molar-refractivity contribution in [2.24, 2.45) is 5.92 Å². The number of likely N-dealkylation sites (N-methyl/N-ethyl adjacent to an activating group) is 1. The monoisotopic (exact) mass is 441 g/mol. The molecule has 0 saturated heterocycles. The highest BCUT2D eigenvalue weighted by Gasteiger charge is 2.22. The number of hydrogen-bond donors (Lipinski definition) is 2. The summed E-state index contributed by atoms with van der Waals surface area (Å²) in [6.45, 7) is 5.34. The molecule has 2 aromatic carbocycles. The molecule has 8 heteroatoms. The number of carbonyl (C=O) groups excluding carboxylic acids is 2. The topological polar surface area (TPSA) is 89.1 Å². The number of nitrogens with zero attached hydrogens (tertiary/aromatic N) is 1. The number of hydrogen-bond acceptors (Lipinski definition) is 6. The van der Waals surface area contributed by atoms with Crippen LogP contribution in [0.15, 0.2) is 42.5 Å². The summed E-state index contributed by atoms with van der Waals surface area (Å²) < 4.78 is 16.4. The Balaban J connectivity index is 1.53. The molecule has 8 nitrogen and oxygen atoms in total. The lowest BCUT2D eigenvalue weighted by Crippen LogP contribution is -2.41. The third-order valence-corrected chi connectivity index (χ3v) is 5.11. The molecule has 2 N–H and O–H groups in total. The number of amides is 2. The van der Waals surface area contributed by atoms with Crippen LogP contribution in [-0.2, 0) is 9.59 Å². The normalized spacial score (nSPS) is 13.6. The molecule has 0 bridgehead atoms. The van der Waals surface area contributed by atoms with Crippen molar-refractivity contribution in [3.05, 3.63) is 48.0 Å². The second-order valence-electron chi connectivity index (χ2n) is 8.14. The molecule has 0 fully saturated rings. The predicted octanol–water partition coefficient (Wildman–Crippen LogP) is 2.85. The Morgan fingerprint density at radius 3 is 2.31 bits per heavy atom. The van der Waals surface area contributed by atoms with Gasteiger partial charge in [-0.1, -0.05) is 19.9 Å². The van der Waals surface area contributed by atoms with Gasteiger partial charge in [0.2, 0.25) is 11.8 Å². The second-order valence-corrected chi connectivity index (χ2v) is 8.14. The number of carbonyl (C=O) groups is 2. The molecule has 32 heavy (non-hydrogen) atoms. The van der Waals surface area contributed by atoms with Crippen molar-refractivity contribution < 1.29 is 23.8 Å². The number of methoxy groups -OCH3 is 1. The highest BCUT2D eigenvalue weighted by Crippen LogP contribution is 2.34. The summed E-state index contributed by atoms with van der Waals surface area (Å²) in [5, 5.41) is 5.90. The smallest absolute Gasteiger partial charge is 0.238 e. The molecule has 0 spiro atoms. The molecule has 1 heterocycles. The van der Waals surface area contributed by atoms with Crippen molar-refractivity contribution in [3.8, 4) is 17.2 Å². The maximum absolute atomic E-state index is 12.7. The molecule has 1 aliphatic rings. The zero-order valence-corrected chi connectivity index (χ0v) is 19.0. The Morgan fingerprint density at radius 1 is 1.00 bits per heavy atom. The van der Waals surface area contributed by atoms with Gasteiger partial charge in [0, 0.05) is 5.69 Å². The number of anilines is 1. The summed E-state index contributed by atoms with van der Waals surface area (Å²) >= 11 is 0. The Morgan fingerprint density at radius 2 is 1.66 bits per heavy atom. The highest BCUT2D eigenvalue weighted by molar-refractivity contribution is 5.92. The van der Waals surface area contributed by atoms with Crippen LogP contribution in [0.3, 0.4) is 0 Å². The van der Waals surface area contributed by atoms with Gasteiger partial charge in [0.05, 0.1) is 26.2 Å². The second kappa shape index (κ2) is 10.9. The fraction of sp³-hybridized carbons (Fsp3) is 0.417. The van der Waals surface area contributed by atoms with Crippen molar-refractivity contribution in [2.45, 2.75) is 19.9 Å². The van der Waals surface area contributed by atoms with Gasteiger partial charge in [-0.3, -0.25) is 14.5 Å². The van der Waals surface area contributed by atoms with E-state index in [4.69, 9.17) is 14.2 Å².